The van der Waals surface area contributed by atoms with E-state index < -0.39 is 0 Å². The molecule has 0 amide bonds. The van der Waals surface area contributed by atoms with Gasteiger partial charge in [-0.3, -0.25) is 0 Å². The molecule has 0 saturated heterocycles. The second kappa shape index (κ2) is 6.52. The van der Waals surface area contributed by atoms with Crippen LogP contribution in [0.3, 0.4) is 0 Å². The van der Waals surface area contributed by atoms with Crippen molar-refractivity contribution in [2.45, 2.75) is 46.0 Å². The third kappa shape index (κ3) is 3.02. The molecule has 0 fully saturated rings. The Morgan fingerprint density at radius 1 is 0.955 bits per heavy atom. The number of hydrogen-bond donors (Lipinski definition) is 0. The minimum Gasteiger partial charge on any atom is -0.0764 e. The average molecular weight is 290 g/mol. The van der Waals surface area contributed by atoms with Crippen LogP contribution >= 0.6 is 0 Å². The summed E-state index contributed by atoms with van der Waals surface area (Å²) in [6, 6.07) is 9.07. The molecule has 0 aliphatic heterocycles. The summed E-state index contributed by atoms with van der Waals surface area (Å²) in [5.74, 6) is 1.12. The Labute approximate surface area is 135 Å². The number of allylic oxidation sites excluding steroid dienone is 8. The highest BCUT2D eigenvalue weighted by Gasteiger charge is 2.27. The van der Waals surface area contributed by atoms with Gasteiger partial charge >= 0.3 is 0 Å². The summed E-state index contributed by atoms with van der Waals surface area (Å²) >= 11 is 0. The van der Waals surface area contributed by atoms with Crippen molar-refractivity contribution in [2.75, 3.05) is 0 Å². The van der Waals surface area contributed by atoms with E-state index in [4.69, 9.17) is 0 Å². The summed E-state index contributed by atoms with van der Waals surface area (Å²) in [5.41, 5.74) is 7.38. The van der Waals surface area contributed by atoms with Crippen molar-refractivity contribution in [3.05, 3.63) is 82.5 Å². The summed E-state index contributed by atoms with van der Waals surface area (Å²) < 4.78 is 0. The lowest BCUT2D eigenvalue weighted by atomic mass is 9.73. The molecular weight excluding hydrogens is 264 g/mol. The molecule has 0 nitrogen and oxygen atoms in total. The molecule has 114 valence electrons. The monoisotopic (exact) mass is 290 g/mol. The van der Waals surface area contributed by atoms with Crippen LogP contribution in [0.4, 0.5) is 0 Å². The van der Waals surface area contributed by atoms with Crippen molar-refractivity contribution in [3.8, 4) is 0 Å². The number of aryl methyl sites for hydroxylation is 1. The minimum absolute atomic E-state index is 0.513. The van der Waals surface area contributed by atoms with Crippen LogP contribution in [-0.4, -0.2) is 0 Å². The number of benzene rings is 1. The zero-order chi connectivity index (χ0) is 15.5. The second-order valence-electron chi connectivity index (χ2n) is 6.66. The van der Waals surface area contributed by atoms with Gasteiger partial charge in [0.15, 0.2) is 0 Å². The molecule has 1 aromatic rings. The zero-order valence-corrected chi connectivity index (χ0v) is 14.0. The van der Waals surface area contributed by atoms with E-state index in [0.29, 0.717) is 11.8 Å². The largest absolute Gasteiger partial charge is 0.0764 e. The van der Waals surface area contributed by atoms with Crippen LogP contribution in [-0.2, 0) is 0 Å². The summed E-state index contributed by atoms with van der Waals surface area (Å²) in [4.78, 5) is 0. The summed E-state index contributed by atoms with van der Waals surface area (Å²) in [6.45, 7) is 6.71. The van der Waals surface area contributed by atoms with Crippen LogP contribution in [0, 0.1) is 12.8 Å². The third-order valence-electron chi connectivity index (χ3n) is 5.06. The van der Waals surface area contributed by atoms with Gasteiger partial charge in [-0.2, -0.15) is 0 Å². The number of hydrogen-bond acceptors (Lipinski definition) is 0. The van der Waals surface area contributed by atoms with Gasteiger partial charge in [-0.25, -0.2) is 0 Å². The lowest BCUT2D eigenvalue weighted by Gasteiger charge is -2.31. The van der Waals surface area contributed by atoms with Crippen LogP contribution in [0.25, 0.3) is 0 Å². The molecule has 0 spiro atoms. The minimum atomic E-state index is 0.513. The van der Waals surface area contributed by atoms with Crippen molar-refractivity contribution in [2.24, 2.45) is 5.92 Å². The van der Waals surface area contributed by atoms with Gasteiger partial charge in [0.2, 0.25) is 0 Å². The van der Waals surface area contributed by atoms with Crippen molar-refractivity contribution < 1.29 is 0 Å². The predicted octanol–water partition coefficient (Wildman–Crippen LogP) is 6.27. The van der Waals surface area contributed by atoms with Crippen molar-refractivity contribution in [1.82, 2.24) is 0 Å². The highest BCUT2D eigenvalue weighted by atomic mass is 14.3. The first kappa shape index (κ1) is 15.1. The molecule has 2 unspecified atom stereocenters. The lowest BCUT2D eigenvalue weighted by Crippen LogP contribution is -2.17. The summed E-state index contributed by atoms with van der Waals surface area (Å²) in [5, 5.41) is 0. The van der Waals surface area contributed by atoms with Crippen molar-refractivity contribution in [3.63, 3.8) is 0 Å². The third-order valence-corrected chi connectivity index (χ3v) is 5.06. The van der Waals surface area contributed by atoms with Gasteiger partial charge in [0.05, 0.1) is 0 Å². The molecule has 0 saturated carbocycles. The molecule has 1 aromatic carbocycles. The fourth-order valence-corrected chi connectivity index (χ4v) is 3.66. The van der Waals surface area contributed by atoms with E-state index in [9.17, 15) is 0 Å². The molecule has 0 N–H and O–H groups in total. The molecule has 0 bridgehead atoms. The molecular formula is C22H26. The second-order valence-corrected chi connectivity index (χ2v) is 6.66. The lowest BCUT2D eigenvalue weighted by molar-refractivity contribution is 0.528. The Hall–Kier alpha value is -1.82. The molecule has 0 radical (unpaired) electrons. The van der Waals surface area contributed by atoms with Gasteiger partial charge in [0, 0.05) is 5.92 Å². The molecule has 22 heavy (non-hydrogen) atoms. The van der Waals surface area contributed by atoms with E-state index in [2.05, 4.69) is 75.4 Å². The molecule has 2 aliphatic rings. The van der Waals surface area contributed by atoms with Crippen LogP contribution in [0.1, 0.15) is 50.2 Å². The van der Waals surface area contributed by atoms with E-state index in [-0.39, 0.29) is 0 Å². The normalized spacial score (nSPS) is 24.6. The van der Waals surface area contributed by atoms with E-state index in [1.165, 1.54) is 36.0 Å². The first-order valence-electron chi connectivity index (χ1n) is 8.50. The van der Waals surface area contributed by atoms with Crippen LogP contribution in [0.2, 0.25) is 0 Å². The van der Waals surface area contributed by atoms with E-state index in [0.717, 1.165) is 0 Å². The van der Waals surface area contributed by atoms with Crippen molar-refractivity contribution in [1.29, 1.82) is 0 Å². The molecule has 0 aromatic heterocycles. The molecule has 2 aliphatic carbocycles. The van der Waals surface area contributed by atoms with Crippen LogP contribution in [0.5, 0.6) is 0 Å². The maximum atomic E-state index is 2.38. The van der Waals surface area contributed by atoms with E-state index in [1.807, 2.05) is 0 Å². The van der Waals surface area contributed by atoms with E-state index in [1.54, 1.807) is 11.1 Å². The molecule has 3 rings (SSSR count). The van der Waals surface area contributed by atoms with Crippen molar-refractivity contribution >= 4 is 0 Å². The van der Waals surface area contributed by atoms with Gasteiger partial charge in [-0.15, -0.1) is 0 Å². The summed E-state index contributed by atoms with van der Waals surface area (Å²) in [7, 11) is 0. The Morgan fingerprint density at radius 2 is 1.73 bits per heavy atom. The highest BCUT2D eigenvalue weighted by Crippen LogP contribution is 2.41. The maximum absolute atomic E-state index is 2.38. The van der Waals surface area contributed by atoms with Gasteiger partial charge in [-0.05, 0) is 55.7 Å². The summed E-state index contributed by atoms with van der Waals surface area (Å²) in [6.07, 6.45) is 15.2. The Morgan fingerprint density at radius 3 is 2.36 bits per heavy atom. The standard InChI is InChI=1S/C22H26/c1-4-20-21(18-12-8-16(2)9-13-18)6-5-7-22(20)19-14-10-17(3)11-15-19/h5-10,12-14,20-21H,4,11,15H2,1-3H3. The number of rotatable bonds is 3. The SMILES string of the molecule is CCC1C(C2=CC=C(C)CC2)=CC=CC1c1ccc(C)cc1. The zero-order valence-electron chi connectivity index (χ0n) is 14.0. The van der Waals surface area contributed by atoms with Gasteiger partial charge in [0.1, 0.15) is 0 Å². The topological polar surface area (TPSA) is 0 Å². The highest BCUT2D eigenvalue weighted by molar-refractivity contribution is 5.46. The maximum Gasteiger partial charge on any atom is 0.00898 e. The van der Waals surface area contributed by atoms with Crippen LogP contribution < -0.4 is 0 Å². The fourth-order valence-electron chi connectivity index (χ4n) is 3.66. The molecule has 0 heteroatoms. The fraction of sp³-hybridized carbons (Fsp3) is 0.364. The predicted molar refractivity (Wildman–Crippen MR) is 96.0 cm³/mol. The Balaban J connectivity index is 1.91. The molecule has 2 atom stereocenters. The Bertz CT molecular complexity index is 650. The van der Waals surface area contributed by atoms with Gasteiger partial charge in [-0.1, -0.05) is 72.7 Å². The van der Waals surface area contributed by atoms with Crippen LogP contribution in [0.15, 0.2) is 71.4 Å². The smallest absolute Gasteiger partial charge is 0.00898 e. The average Bonchev–Trinajstić information content (AvgIpc) is 2.55. The first-order chi connectivity index (χ1) is 10.7. The van der Waals surface area contributed by atoms with E-state index >= 15 is 0 Å². The van der Waals surface area contributed by atoms with Gasteiger partial charge < -0.3 is 0 Å². The Kier molecular flexibility index (Phi) is 4.47. The first-order valence-corrected chi connectivity index (χ1v) is 8.50. The molecule has 0 heterocycles. The van der Waals surface area contributed by atoms with Gasteiger partial charge in [0.25, 0.3) is 0 Å². The quantitative estimate of drug-likeness (QED) is 0.615.